The molecule has 1 aliphatic heterocycles. The Bertz CT molecular complexity index is 1430. The van der Waals surface area contributed by atoms with Crippen LogP contribution in [-0.2, 0) is 35.6 Å². The summed E-state index contributed by atoms with van der Waals surface area (Å²) in [4.78, 5) is 39.9. The van der Waals surface area contributed by atoms with Crippen molar-refractivity contribution in [3.05, 3.63) is 84.1 Å². The summed E-state index contributed by atoms with van der Waals surface area (Å²) in [6, 6.07) is 8.01. The number of aromatic nitrogens is 2. The second-order valence-corrected chi connectivity index (χ2v) is 9.14. The Balaban J connectivity index is 1.82. The molecule has 0 bridgehead atoms. The van der Waals surface area contributed by atoms with Crippen LogP contribution in [-0.4, -0.2) is 48.4 Å². The number of ketones is 1. The Hall–Kier alpha value is -4.16. The lowest BCUT2D eigenvalue weighted by molar-refractivity contribution is -0.170. The fourth-order valence-corrected chi connectivity index (χ4v) is 4.77. The first-order chi connectivity index (χ1) is 16.7. The Morgan fingerprint density at radius 2 is 1.86 bits per heavy atom. The van der Waals surface area contributed by atoms with Gasteiger partial charge in [-0.2, -0.15) is 0 Å². The first-order valence-corrected chi connectivity index (χ1v) is 11.6. The van der Waals surface area contributed by atoms with Crippen LogP contribution in [0.25, 0.3) is 11.3 Å². The maximum atomic E-state index is 15.7. The Morgan fingerprint density at radius 3 is 2.49 bits per heavy atom. The smallest absolute Gasteiger partial charge is 0.334 e. The summed E-state index contributed by atoms with van der Waals surface area (Å²) in [6.07, 6.45) is 3.47. The van der Waals surface area contributed by atoms with Crippen LogP contribution in [0.1, 0.15) is 15.9 Å². The van der Waals surface area contributed by atoms with Crippen molar-refractivity contribution in [3.8, 4) is 11.3 Å². The van der Waals surface area contributed by atoms with Crippen molar-refractivity contribution in [2.24, 2.45) is 0 Å². The van der Waals surface area contributed by atoms with Gasteiger partial charge >= 0.3 is 18.2 Å². The van der Waals surface area contributed by atoms with Gasteiger partial charge < -0.3 is 14.8 Å². The van der Waals surface area contributed by atoms with Crippen molar-refractivity contribution < 1.29 is 36.7 Å². The lowest BCUT2D eigenvalue weighted by Gasteiger charge is -2.16. The van der Waals surface area contributed by atoms with Crippen LogP contribution in [0.5, 0.6) is 0 Å². The lowest BCUT2D eigenvalue weighted by atomic mass is 10.0. The first kappa shape index (κ1) is 24.0. The molecule has 1 aliphatic rings. The summed E-state index contributed by atoms with van der Waals surface area (Å²) in [5, 5.41) is 2.90. The molecule has 3 aromatic rings. The van der Waals surface area contributed by atoms with Crippen molar-refractivity contribution >= 4 is 27.7 Å². The summed E-state index contributed by atoms with van der Waals surface area (Å²) >= 11 is 0. The molecular weight excluding hydrogens is 481 g/mol. The Morgan fingerprint density at radius 1 is 1.14 bits per heavy atom. The molecule has 180 valence electrons. The summed E-state index contributed by atoms with van der Waals surface area (Å²) in [6.45, 7) is 0.282. The largest absolute Gasteiger partial charge is 0.414 e. The fraction of sp³-hybridized carbons (Fsp3) is 0.130. The number of ether oxygens (including phenoxy) is 2. The number of hydrogen-bond donors (Lipinski definition) is 1. The molecule has 0 spiro atoms. The van der Waals surface area contributed by atoms with Gasteiger partial charge in [-0.05, 0) is 42.9 Å². The van der Waals surface area contributed by atoms with E-state index in [1.165, 1.54) is 42.7 Å². The van der Waals surface area contributed by atoms with Gasteiger partial charge in [-0.3, -0.25) is 9.78 Å². The van der Waals surface area contributed by atoms with Crippen LogP contribution in [0.4, 0.5) is 4.39 Å². The van der Waals surface area contributed by atoms with E-state index in [9.17, 15) is 22.8 Å². The molecule has 0 aliphatic carbocycles. The predicted molar refractivity (Wildman–Crippen MR) is 119 cm³/mol. The molecule has 10 nitrogen and oxygen atoms in total. The van der Waals surface area contributed by atoms with Crippen LogP contribution in [0.3, 0.4) is 0 Å². The minimum absolute atomic E-state index is 0.0530. The lowest BCUT2D eigenvalue weighted by Crippen LogP contribution is -2.30. The monoisotopic (exact) mass is 499 g/mol. The van der Waals surface area contributed by atoms with E-state index in [2.05, 4.69) is 10.3 Å². The third-order valence-corrected chi connectivity index (χ3v) is 6.63. The number of pyridine rings is 1. The highest BCUT2D eigenvalue weighted by atomic mass is 32.2. The van der Waals surface area contributed by atoms with Crippen molar-refractivity contribution in [3.63, 3.8) is 0 Å². The molecule has 0 saturated heterocycles. The van der Waals surface area contributed by atoms with E-state index in [-0.39, 0.29) is 22.7 Å². The third-order valence-electron chi connectivity index (χ3n) is 4.97. The summed E-state index contributed by atoms with van der Waals surface area (Å²) in [7, 11) is -2.51. The molecule has 0 fully saturated rings. The standard InChI is InChI=1S/C23H18FN3O7S/c1-25-11-14-10-18(27(13-14)35(31,32)15-4-3-9-26-12-15)16-5-2-6-17(21(16)24)22(30)23-33-19(28)7-8-20(29)34-23/h2-10,12-13,23,25H,11H2,1H3. The quantitative estimate of drug-likeness (QED) is 0.382. The van der Waals surface area contributed by atoms with E-state index >= 15 is 4.39 Å². The van der Waals surface area contributed by atoms with Crippen LogP contribution in [0.15, 0.2) is 72.0 Å². The van der Waals surface area contributed by atoms with Crippen molar-refractivity contribution in [1.29, 1.82) is 0 Å². The zero-order valence-corrected chi connectivity index (χ0v) is 19.0. The average molecular weight is 499 g/mol. The van der Waals surface area contributed by atoms with Gasteiger partial charge in [0.25, 0.3) is 10.0 Å². The van der Waals surface area contributed by atoms with Gasteiger partial charge in [0, 0.05) is 42.9 Å². The average Bonchev–Trinajstić information content (AvgIpc) is 3.19. The summed E-state index contributed by atoms with van der Waals surface area (Å²) < 4.78 is 52.8. The first-order valence-electron chi connectivity index (χ1n) is 10.2. The zero-order chi connectivity index (χ0) is 25.2. The van der Waals surface area contributed by atoms with Crippen LogP contribution in [0, 0.1) is 5.82 Å². The SMILES string of the molecule is CNCc1cc(-c2cccc(C(=O)C3OC(=O)C=CC(=O)O3)c2F)n(S(=O)(=O)c2cccnc2)c1. The molecule has 0 radical (unpaired) electrons. The third kappa shape index (κ3) is 4.74. The number of halogens is 1. The molecular formula is C23H18FN3O7S. The van der Waals surface area contributed by atoms with Crippen molar-refractivity contribution in [1.82, 2.24) is 14.3 Å². The molecule has 1 aromatic carbocycles. The van der Waals surface area contributed by atoms with Gasteiger partial charge in [-0.1, -0.05) is 6.07 Å². The summed E-state index contributed by atoms with van der Waals surface area (Å²) in [5.41, 5.74) is -0.293. The van der Waals surface area contributed by atoms with E-state index in [4.69, 9.17) is 9.47 Å². The minimum atomic E-state index is -4.18. The number of carbonyl (C=O) groups is 3. The molecule has 1 N–H and O–H groups in total. The van der Waals surface area contributed by atoms with Crippen LogP contribution in [0.2, 0.25) is 0 Å². The number of rotatable bonds is 7. The fourth-order valence-electron chi connectivity index (χ4n) is 3.41. The maximum Gasteiger partial charge on any atom is 0.334 e. The molecule has 2 aromatic heterocycles. The van der Waals surface area contributed by atoms with E-state index in [1.807, 2.05) is 0 Å². The zero-order valence-electron chi connectivity index (χ0n) is 18.2. The topological polar surface area (TPSA) is 134 Å². The van der Waals surface area contributed by atoms with Crippen LogP contribution >= 0.6 is 0 Å². The number of benzene rings is 1. The molecule has 0 saturated carbocycles. The number of cyclic esters (lactones) is 2. The molecule has 35 heavy (non-hydrogen) atoms. The van der Waals surface area contributed by atoms with Gasteiger partial charge in [0.1, 0.15) is 10.7 Å². The van der Waals surface area contributed by atoms with E-state index in [0.29, 0.717) is 5.56 Å². The van der Waals surface area contributed by atoms with E-state index in [0.717, 1.165) is 28.4 Å². The number of hydrogen-bond acceptors (Lipinski definition) is 9. The molecule has 3 heterocycles. The Kier molecular flexibility index (Phi) is 6.58. The number of carbonyl (C=O) groups excluding carboxylic acids is 3. The maximum absolute atomic E-state index is 15.7. The number of nitrogens with zero attached hydrogens (tertiary/aromatic N) is 2. The number of Topliss-reactive ketones (excluding diaryl/α,β-unsaturated/α-hetero) is 1. The molecule has 0 amide bonds. The Labute approximate surface area is 199 Å². The van der Waals surface area contributed by atoms with E-state index < -0.39 is 45.4 Å². The molecule has 12 heteroatoms. The highest BCUT2D eigenvalue weighted by molar-refractivity contribution is 7.90. The second kappa shape index (κ2) is 9.60. The van der Waals surface area contributed by atoms with Crippen molar-refractivity contribution in [2.45, 2.75) is 17.7 Å². The van der Waals surface area contributed by atoms with Gasteiger partial charge in [-0.25, -0.2) is 26.4 Å². The second-order valence-electron chi connectivity index (χ2n) is 7.32. The molecule has 4 rings (SSSR count). The van der Waals surface area contributed by atoms with Crippen LogP contribution < -0.4 is 5.32 Å². The van der Waals surface area contributed by atoms with E-state index in [1.54, 1.807) is 7.05 Å². The highest BCUT2D eigenvalue weighted by Gasteiger charge is 2.32. The van der Waals surface area contributed by atoms with Gasteiger partial charge in [0.05, 0.1) is 11.3 Å². The highest BCUT2D eigenvalue weighted by Crippen LogP contribution is 2.31. The van der Waals surface area contributed by atoms with Crippen molar-refractivity contribution in [2.75, 3.05) is 7.05 Å². The molecule has 0 unspecified atom stereocenters. The van der Waals surface area contributed by atoms with Gasteiger partial charge in [0.2, 0.25) is 5.78 Å². The van der Waals surface area contributed by atoms with Gasteiger partial charge in [-0.15, -0.1) is 0 Å². The normalized spacial score (nSPS) is 14.3. The summed E-state index contributed by atoms with van der Waals surface area (Å²) in [5.74, 6) is -4.24. The predicted octanol–water partition coefficient (Wildman–Crippen LogP) is 1.81. The minimum Gasteiger partial charge on any atom is -0.414 e. The molecule has 0 atom stereocenters. The number of nitrogens with one attached hydrogen (secondary N) is 1. The van der Waals surface area contributed by atoms with Gasteiger partial charge in [0.15, 0.2) is 0 Å². The number of esters is 2.